The van der Waals surface area contributed by atoms with Crippen LogP contribution in [0.5, 0.6) is 0 Å². The average Bonchev–Trinajstić information content (AvgIpc) is 2.86. The van der Waals surface area contributed by atoms with Gasteiger partial charge in [0.2, 0.25) is 5.91 Å². The third kappa shape index (κ3) is 5.36. The lowest BCUT2D eigenvalue weighted by molar-refractivity contribution is -0.137. The van der Waals surface area contributed by atoms with Gasteiger partial charge in [-0.2, -0.15) is 5.26 Å². The maximum Gasteiger partial charge on any atom is 0.237 e. The van der Waals surface area contributed by atoms with Crippen LogP contribution in [0.25, 0.3) is 0 Å². The van der Waals surface area contributed by atoms with Gasteiger partial charge in [-0.25, -0.2) is 0 Å². The standard InChI is InChI=1S/C26H26N4O.2ClH/c1-26(22-10-4-2-5-11-22,23-12-6-3-7-13-23)25(31)30-17-15-29(16-18-30)24(19-27)21-9-8-14-28-20-21;;/h2-14,20,24H,15-18H2,1H3;2*1H. The molecule has 0 radical (unpaired) electrons. The molecule has 2 aromatic carbocycles. The SMILES string of the molecule is CC(C(=O)N1CCN(C(C#N)c2cccnc2)CC1)(c1ccccc1)c1ccccc1.Cl.Cl. The van der Waals surface area contributed by atoms with Gasteiger partial charge in [0, 0.05) is 44.1 Å². The number of hydrogen-bond donors (Lipinski definition) is 0. The number of aromatic nitrogens is 1. The lowest BCUT2D eigenvalue weighted by Gasteiger charge is -2.41. The molecule has 0 bridgehead atoms. The first-order valence-electron chi connectivity index (χ1n) is 10.6. The monoisotopic (exact) mass is 482 g/mol. The van der Waals surface area contributed by atoms with Crippen LogP contribution >= 0.6 is 24.8 Å². The summed E-state index contributed by atoms with van der Waals surface area (Å²) in [7, 11) is 0. The van der Waals surface area contributed by atoms with Crippen LogP contribution in [0.3, 0.4) is 0 Å². The van der Waals surface area contributed by atoms with E-state index in [1.807, 2.05) is 84.6 Å². The van der Waals surface area contributed by atoms with Crippen molar-refractivity contribution in [2.75, 3.05) is 26.2 Å². The first-order chi connectivity index (χ1) is 15.1. The molecule has 1 amide bonds. The van der Waals surface area contributed by atoms with E-state index in [1.54, 1.807) is 12.4 Å². The summed E-state index contributed by atoms with van der Waals surface area (Å²) in [4.78, 5) is 22.1. The number of benzene rings is 2. The molecule has 1 aliphatic heterocycles. The second kappa shape index (κ2) is 11.8. The molecule has 1 atom stereocenters. The van der Waals surface area contributed by atoms with Gasteiger partial charge in [-0.3, -0.25) is 14.7 Å². The van der Waals surface area contributed by atoms with E-state index in [2.05, 4.69) is 16.0 Å². The summed E-state index contributed by atoms with van der Waals surface area (Å²) in [6, 6.07) is 25.8. The molecule has 4 rings (SSSR count). The summed E-state index contributed by atoms with van der Waals surface area (Å²) in [5, 5.41) is 9.73. The maximum atomic E-state index is 13.9. The van der Waals surface area contributed by atoms with E-state index >= 15 is 0 Å². The topological polar surface area (TPSA) is 60.2 Å². The zero-order valence-electron chi connectivity index (χ0n) is 18.5. The number of carbonyl (C=O) groups excluding carboxylic acids is 1. The zero-order chi connectivity index (χ0) is 21.7. The van der Waals surface area contributed by atoms with Crippen molar-refractivity contribution in [3.05, 3.63) is 102 Å². The summed E-state index contributed by atoms with van der Waals surface area (Å²) in [6.07, 6.45) is 3.45. The minimum atomic E-state index is -0.761. The van der Waals surface area contributed by atoms with Crippen molar-refractivity contribution in [2.24, 2.45) is 0 Å². The lowest BCUT2D eigenvalue weighted by Crippen LogP contribution is -2.54. The predicted octanol–water partition coefficient (Wildman–Crippen LogP) is 4.64. The van der Waals surface area contributed by atoms with E-state index in [0.717, 1.165) is 16.7 Å². The van der Waals surface area contributed by atoms with E-state index in [4.69, 9.17) is 0 Å². The largest absolute Gasteiger partial charge is 0.339 e. The maximum absolute atomic E-state index is 13.9. The molecule has 0 saturated carbocycles. The van der Waals surface area contributed by atoms with Crippen LogP contribution in [-0.4, -0.2) is 46.9 Å². The predicted molar refractivity (Wildman–Crippen MR) is 135 cm³/mol. The summed E-state index contributed by atoms with van der Waals surface area (Å²) < 4.78 is 0. The number of rotatable bonds is 5. The smallest absolute Gasteiger partial charge is 0.237 e. The molecule has 1 saturated heterocycles. The van der Waals surface area contributed by atoms with Gasteiger partial charge >= 0.3 is 0 Å². The Morgan fingerprint density at radius 1 is 0.909 bits per heavy atom. The van der Waals surface area contributed by atoms with Crippen molar-refractivity contribution >= 4 is 30.7 Å². The van der Waals surface area contributed by atoms with E-state index in [0.29, 0.717) is 26.2 Å². The molecule has 1 aromatic heterocycles. The van der Waals surface area contributed by atoms with Crippen molar-refractivity contribution in [3.8, 4) is 6.07 Å². The molecule has 0 spiro atoms. The molecule has 1 fully saturated rings. The molecule has 172 valence electrons. The fourth-order valence-corrected chi connectivity index (χ4v) is 4.36. The Hall–Kier alpha value is -2.91. The van der Waals surface area contributed by atoms with Crippen LogP contribution in [0.15, 0.2) is 85.2 Å². The molecule has 3 aromatic rings. The van der Waals surface area contributed by atoms with Gasteiger partial charge < -0.3 is 4.90 Å². The fraction of sp³-hybridized carbons (Fsp3) is 0.269. The van der Waals surface area contributed by atoms with Crippen LogP contribution < -0.4 is 0 Å². The van der Waals surface area contributed by atoms with E-state index in [9.17, 15) is 10.1 Å². The second-order valence-corrected chi connectivity index (χ2v) is 8.00. The fourth-order valence-electron chi connectivity index (χ4n) is 4.36. The Morgan fingerprint density at radius 3 is 1.91 bits per heavy atom. The quantitative estimate of drug-likeness (QED) is 0.531. The molecule has 2 heterocycles. The minimum Gasteiger partial charge on any atom is -0.339 e. The van der Waals surface area contributed by atoms with E-state index in [1.165, 1.54) is 0 Å². The molecule has 33 heavy (non-hydrogen) atoms. The number of halogens is 2. The Kier molecular flexibility index (Phi) is 9.43. The molecule has 1 aliphatic rings. The molecular formula is C26H28Cl2N4O. The summed E-state index contributed by atoms with van der Waals surface area (Å²) in [5.74, 6) is 0.0967. The highest BCUT2D eigenvalue weighted by atomic mass is 35.5. The van der Waals surface area contributed by atoms with Crippen molar-refractivity contribution in [1.82, 2.24) is 14.8 Å². The average molecular weight is 483 g/mol. The van der Waals surface area contributed by atoms with Crippen LogP contribution in [0.2, 0.25) is 0 Å². The van der Waals surface area contributed by atoms with Gasteiger partial charge in [0.1, 0.15) is 6.04 Å². The first kappa shape index (κ1) is 26.3. The summed E-state index contributed by atoms with van der Waals surface area (Å²) in [5.41, 5.74) is 2.10. The van der Waals surface area contributed by atoms with Crippen molar-refractivity contribution < 1.29 is 4.79 Å². The number of pyridine rings is 1. The molecule has 0 N–H and O–H groups in total. The third-order valence-corrected chi connectivity index (χ3v) is 6.22. The van der Waals surface area contributed by atoms with Gasteiger partial charge in [-0.15, -0.1) is 24.8 Å². The Morgan fingerprint density at radius 2 is 1.45 bits per heavy atom. The lowest BCUT2D eigenvalue weighted by atomic mass is 9.75. The highest BCUT2D eigenvalue weighted by Gasteiger charge is 2.41. The van der Waals surface area contributed by atoms with Crippen molar-refractivity contribution in [3.63, 3.8) is 0 Å². The van der Waals surface area contributed by atoms with Gasteiger partial charge in [-0.05, 0) is 24.1 Å². The van der Waals surface area contributed by atoms with Gasteiger partial charge in [-0.1, -0.05) is 66.7 Å². The molecule has 7 heteroatoms. The number of carbonyl (C=O) groups is 1. The second-order valence-electron chi connectivity index (χ2n) is 8.00. The normalized spacial score (nSPS) is 14.8. The Labute approximate surface area is 207 Å². The Bertz CT molecular complexity index is 1010. The summed E-state index contributed by atoms with van der Waals surface area (Å²) >= 11 is 0. The third-order valence-electron chi connectivity index (χ3n) is 6.22. The van der Waals surface area contributed by atoms with Crippen LogP contribution in [0, 0.1) is 11.3 Å². The number of nitrogens with zero attached hydrogens (tertiary/aromatic N) is 4. The van der Waals surface area contributed by atoms with E-state index in [-0.39, 0.29) is 36.8 Å². The summed E-state index contributed by atoms with van der Waals surface area (Å²) in [6.45, 7) is 4.50. The minimum absolute atomic E-state index is 0. The highest BCUT2D eigenvalue weighted by Crippen LogP contribution is 2.34. The number of nitriles is 1. The Balaban J connectivity index is 0.00000193. The molecule has 5 nitrogen and oxygen atoms in total. The van der Waals surface area contributed by atoms with Crippen LogP contribution in [-0.2, 0) is 10.2 Å². The zero-order valence-corrected chi connectivity index (χ0v) is 20.1. The van der Waals surface area contributed by atoms with Gasteiger partial charge in [0.15, 0.2) is 0 Å². The highest BCUT2D eigenvalue weighted by molar-refractivity contribution is 5.91. The molecule has 0 aliphatic carbocycles. The number of amides is 1. The van der Waals surface area contributed by atoms with Gasteiger partial charge in [0.25, 0.3) is 0 Å². The molecular weight excluding hydrogens is 455 g/mol. The number of hydrogen-bond acceptors (Lipinski definition) is 4. The van der Waals surface area contributed by atoms with Crippen LogP contribution in [0.1, 0.15) is 29.7 Å². The molecule has 1 unspecified atom stereocenters. The first-order valence-corrected chi connectivity index (χ1v) is 10.6. The van der Waals surface area contributed by atoms with Crippen molar-refractivity contribution in [1.29, 1.82) is 5.26 Å². The van der Waals surface area contributed by atoms with Crippen molar-refractivity contribution in [2.45, 2.75) is 18.4 Å². The van der Waals surface area contributed by atoms with Crippen LogP contribution in [0.4, 0.5) is 0 Å². The van der Waals surface area contributed by atoms with E-state index < -0.39 is 5.41 Å². The van der Waals surface area contributed by atoms with Gasteiger partial charge in [0.05, 0.1) is 11.5 Å². The number of piperazine rings is 1.